The molecule has 0 amide bonds. The zero-order chi connectivity index (χ0) is 12.4. The highest BCUT2D eigenvalue weighted by Crippen LogP contribution is 2.73. The molecule has 2 aliphatic rings. The largest absolute Gasteiger partial charge is 0.416 e. The molecule has 2 aliphatic carbocycles. The van der Waals surface area contributed by atoms with Crippen LogP contribution in [0.3, 0.4) is 0 Å². The molecule has 0 aromatic heterocycles. The van der Waals surface area contributed by atoms with Gasteiger partial charge in [0.1, 0.15) is 0 Å². The molecule has 17 heavy (non-hydrogen) atoms. The third kappa shape index (κ3) is 1.78. The van der Waals surface area contributed by atoms with E-state index in [4.69, 9.17) is 0 Å². The van der Waals surface area contributed by atoms with Crippen molar-refractivity contribution in [2.45, 2.75) is 25.4 Å². The van der Waals surface area contributed by atoms with Crippen molar-refractivity contribution >= 4 is 5.57 Å². The third-order valence-corrected chi connectivity index (χ3v) is 3.85. The van der Waals surface area contributed by atoms with Gasteiger partial charge in [-0.3, -0.25) is 0 Å². The number of rotatable bonds is 2. The van der Waals surface area contributed by atoms with Gasteiger partial charge in [0.05, 0.1) is 5.57 Å². The molecule has 3 heteroatoms. The standard InChI is InChI=1S/C14H13F3/c1-7-3-9(8(2)14(15,16)17)5-10(4-7)13-11-6-12(11)13/h3-5,11-13H,2,6H2,1H3. The Bertz CT molecular complexity index is 491. The van der Waals surface area contributed by atoms with Crippen molar-refractivity contribution in [3.63, 3.8) is 0 Å². The topological polar surface area (TPSA) is 0 Å². The minimum absolute atomic E-state index is 0.221. The first-order valence-corrected chi connectivity index (χ1v) is 5.76. The van der Waals surface area contributed by atoms with E-state index < -0.39 is 11.7 Å². The van der Waals surface area contributed by atoms with Crippen molar-refractivity contribution in [1.82, 2.24) is 0 Å². The molecule has 2 fully saturated rings. The number of halogens is 3. The molecular weight excluding hydrogens is 225 g/mol. The summed E-state index contributed by atoms with van der Waals surface area (Å²) in [6, 6.07) is 5.23. The fraction of sp³-hybridized carbons (Fsp3) is 0.429. The first-order chi connectivity index (χ1) is 7.88. The van der Waals surface area contributed by atoms with E-state index in [1.165, 1.54) is 6.42 Å². The summed E-state index contributed by atoms with van der Waals surface area (Å²) in [5, 5.41) is 0. The lowest BCUT2D eigenvalue weighted by Crippen LogP contribution is -2.10. The van der Waals surface area contributed by atoms with Crippen molar-refractivity contribution in [3.05, 3.63) is 41.5 Å². The summed E-state index contributed by atoms with van der Waals surface area (Å²) >= 11 is 0. The maximum atomic E-state index is 12.6. The Labute approximate surface area is 98.1 Å². The van der Waals surface area contributed by atoms with Crippen LogP contribution in [-0.4, -0.2) is 6.18 Å². The molecule has 0 heterocycles. The number of alkyl halides is 3. The molecule has 0 radical (unpaired) electrons. The van der Waals surface area contributed by atoms with Gasteiger partial charge in [-0.25, -0.2) is 0 Å². The highest BCUT2D eigenvalue weighted by atomic mass is 19.4. The van der Waals surface area contributed by atoms with Crippen LogP contribution in [0.25, 0.3) is 5.57 Å². The van der Waals surface area contributed by atoms with Crippen LogP contribution >= 0.6 is 0 Å². The van der Waals surface area contributed by atoms with Crippen LogP contribution in [0, 0.1) is 18.8 Å². The summed E-state index contributed by atoms with van der Waals surface area (Å²) in [6.45, 7) is 5.00. The predicted octanol–water partition coefficient (Wildman–Crippen LogP) is 4.30. The fourth-order valence-electron chi connectivity index (χ4n) is 2.62. The summed E-state index contributed by atoms with van der Waals surface area (Å²) in [5.41, 5.74) is 1.43. The lowest BCUT2D eigenvalue weighted by molar-refractivity contribution is -0.0686. The Hall–Kier alpha value is -1.25. The average Bonchev–Trinajstić information content (AvgIpc) is 3.02. The highest BCUT2D eigenvalue weighted by Gasteiger charge is 2.64. The summed E-state index contributed by atoms with van der Waals surface area (Å²) in [4.78, 5) is 0. The van der Waals surface area contributed by atoms with Gasteiger partial charge in [0, 0.05) is 0 Å². The number of aryl methyl sites for hydroxylation is 1. The molecule has 0 spiro atoms. The van der Waals surface area contributed by atoms with E-state index in [0.29, 0.717) is 5.92 Å². The second kappa shape index (κ2) is 3.15. The maximum Gasteiger partial charge on any atom is 0.416 e. The first-order valence-electron chi connectivity index (χ1n) is 5.76. The van der Waals surface area contributed by atoms with Crippen LogP contribution in [-0.2, 0) is 0 Å². The quantitative estimate of drug-likeness (QED) is 0.720. The Morgan fingerprint density at radius 1 is 1.24 bits per heavy atom. The molecule has 0 nitrogen and oxygen atoms in total. The summed E-state index contributed by atoms with van der Waals surface area (Å²) in [7, 11) is 0. The van der Waals surface area contributed by atoms with Gasteiger partial charge in [-0.2, -0.15) is 13.2 Å². The van der Waals surface area contributed by atoms with Crippen LogP contribution in [0.15, 0.2) is 24.8 Å². The number of allylic oxidation sites excluding steroid dienone is 1. The van der Waals surface area contributed by atoms with Gasteiger partial charge in [0.2, 0.25) is 0 Å². The molecule has 3 rings (SSSR count). The normalized spacial score (nSPS) is 29.8. The summed E-state index contributed by atoms with van der Waals surface area (Å²) < 4.78 is 37.8. The van der Waals surface area contributed by atoms with Gasteiger partial charge in [-0.15, -0.1) is 0 Å². The highest BCUT2D eigenvalue weighted by molar-refractivity contribution is 5.69. The van der Waals surface area contributed by atoms with Gasteiger partial charge >= 0.3 is 6.18 Å². The van der Waals surface area contributed by atoms with E-state index in [-0.39, 0.29) is 5.56 Å². The van der Waals surface area contributed by atoms with Gasteiger partial charge in [-0.1, -0.05) is 30.3 Å². The molecule has 2 atom stereocenters. The molecule has 0 saturated heterocycles. The molecule has 0 bridgehead atoms. The number of hydrogen-bond donors (Lipinski definition) is 0. The van der Waals surface area contributed by atoms with E-state index in [0.717, 1.165) is 23.0 Å². The Kier molecular flexibility index (Phi) is 2.02. The van der Waals surface area contributed by atoms with Gasteiger partial charge in [0.15, 0.2) is 0 Å². The van der Waals surface area contributed by atoms with E-state index in [1.807, 2.05) is 13.0 Å². The number of fused-ring (bicyclic) bond motifs is 1. The van der Waals surface area contributed by atoms with E-state index in [2.05, 4.69) is 6.58 Å². The Morgan fingerprint density at radius 2 is 1.88 bits per heavy atom. The van der Waals surface area contributed by atoms with E-state index >= 15 is 0 Å². The molecule has 90 valence electrons. The molecule has 1 aromatic carbocycles. The smallest absolute Gasteiger partial charge is 0.166 e. The van der Waals surface area contributed by atoms with Crippen LogP contribution in [0.5, 0.6) is 0 Å². The Balaban J connectivity index is 1.94. The maximum absolute atomic E-state index is 12.6. The predicted molar refractivity (Wildman–Crippen MR) is 60.6 cm³/mol. The van der Waals surface area contributed by atoms with Gasteiger partial charge in [-0.05, 0) is 42.2 Å². The van der Waals surface area contributed by atoms with Crippen LogP contribution in [0.2, 0.25) is 0 Å². The zero-order valence-corrected chi connectivity index (χ0v) is 9.51. The molecule has 0 aliphatic heterocycles. The lowest BCUT2D eigenvalue weighted by atomic mass is 9.95. The summed E-state index contributed by atoms with van der Waals surface area (Å²) in [5.74, 6) is 2.03. The molecule has 1 aromatic rings. The molecule has 2 unspecified atom stereocenters. The Morgan fingerprint density at radius 3 is 2.35 bits per heavy atom. The van der Waals surface area contributed by atoms with Crippen molar-refractivity contribution in [1.29, 1.82) is 0 Å². The van der Waals surface area contributed by atoms with Crippen molar-refractivity contribution in [2.75, 3.05) is 0 Å². The van der Waals surface area contributed by atoms with E-state index in [9.17, 15) is 13.2 Å². The molecular formula is C14H13F3. The van der Waals surface area contributed by atoms with Crippen LogP contribution in [0.4, 0.5) is 13.2 Å². The first kappa shape index (κ1) is 10.9. The molecule has 2 saturated carbocycles. The minimum atomic E-state index is -4.34. The third-order valence-electron chi connectivity index (χ3n) is 3.85. The second-order valence-electron chi connectivity index (χ2n) is 5.20. The van der Waals surface area contributed by atoms with Crippen LogP contribution in [0.1, 0.15) is 29.0 Å². The fourth-order valence-corrected chi connectivity index (χ4v) is 2.62. The second-order valence-corrected chi connectivity index (χ2v) is 5.20. The van der Waals surface area contributed by atoms with Crippen molar-refractivity contribution in [2.24, 2.45) is 11.8 Å². The lowest BCUT2D eigenvalue weighted by Gasteiger charge is -2.13. The number of hydrogen-bond acceptors (Lipinski definition) is 0. The summed E-state index contributed by atoms with van der Waals surface area (Å²) in [6.07, 6.45) is -3.08. The van der Waals surface area contributed by atoms with Crippen molar-refractivity contribution in [3.8, 4) is 0 Å². The monoisotopic (exact) mass is 238 g/mol. The van der Waals surface area contributed by atoms with Gasteiger partial charge < -0.3 is 0 Å². The number of benzene rings is 1. The minimum Gasteiger partial charge on any atom is -0.166 e. The zero-order valence-electron chi connectivity index (χ0n) is 9.51. The average molecular weight is 238 g/mol. The van der Waals surface area contributed by atoms with Crippen molar-refractivity contribution < 1.29 is 13.2 Å². The molecule has 0 N–H and O–H groups in total. The van der Waals surface area contributed by atoms with Gasteiger partial charge in [0.25, 0.3) is 0 Å². The van der Waals surface area contributed by atoms with Crippen LogP contribution < -0.4 is 0 Å². The van der Waals surface area contributed by atoms with E-state index in [1.54, 1.807) is 12.1 Å². The SMILES string of the molecule is C=C(c1cc(C)cc(C2C3CC32)c1)C(F)(F)F.